The largest absolute Gasteiger partial charge is 0.310 e. The quantitative estimate of drug-likeness (QED) is 0.155. The molecule has 0 saturated carbocycles. The topological polar surface area (TPSA) is 3.24 Å². The molecule has 0 fully saturated rings. The fourth-order valence-corrected chi connectivity index (χ4v) is 11.2. The lowest BCUT2D eigenvalue weighted by Gasteiger charge is -2.29. The first-order chi connectivity index (χ1) is 31.4. The van der Waals surface area contributed by atoms with E-state index in [4.69, 9.17) is 0 Å². The van der Waals surface area contributed by atoms with Crippen molar-refractivity contribution in [2.45, 2.75) is 31.6 Å². The highest BCUT2D eigenvalue weighted by Crippen LogP contribution is 2.54. The first-order valence-corrected chi connectivity index (χ1v) is 22.5. The maximum Gasteiger partial charge on any atom is 0.0467 e. The van der Waals surface area contributed by atoms with Gasteiger partial charge in [-0.25, -0.2) is 0 Å². The average Bonchev–Trinajstić information content (AvgIpc) is 3.76. The lowest BCUT2D eigenvalue weighted by molar-refractivity contribution is 0.662. The summed E-state index contributed by atoms with van der Waals surface area (Å²) in [6, 6.07) is 85.3. The summed E-state index contributed by atoms with van der Waals surface area (Å²) in [4.78, 5) is 2.41. The van der Waals surface area contributed by atoms with Gasteiger partial charge in [-0.1, -0.05) is 202 Å². The van der Waals surface area contributed by atoms with E-state index in [0.717, 1.165) is 17.1 Å². The summed E-state index contributed by atoms with van der Waals surface area (Å²) in [7, 11) is 0. The highest BCUT2D eigenvalue weighted by molar-refractivity contribution is 5.98. The zero-order chi connectivity index (χ0) is 43.0. The third-order valence-electron chi connectivity index (χ3n) is 14.3. The van der Waals surface area contributed by atoms with Crippen molar-refractivity contribution in [3.63, 3.8) is 0 Å². The van der Waals surface area contributed by atoms with Crippen LogP contribution in [0.1, 0.15) is 48.6 Å². The van der Waals surface area contributed by atoms with Crippen LogP contribution in [0.5, 0.6) is 0 Å². The molecule has 1 nitrogen and oxygen atoms in total. The van der Waals surface area contributed by atoms with Gasteiger partial charge in [-0.3, -0.25) is 0 Å². The second-order valence-electron chi connectivity index (χ2n) is 18.2. The molecule has 304 valence electrons. The molecule has 0 saturated heterocycles. The second-order valence-corrected chi connectivity index (χ2v) is 18.2. The van der Waals surface area contributed by atoms with E-state index in [0.29, 0.717) is 0 Å². The molecule has 1 atom stereocenters. The van der Waals surface area contributed by atoms with Crippen LogP contribution in [-0.4, -0.2) is 0 Å². The highest BCUT2D eigenvalue weighted by Gasteiger charge is 2.41. The van der Waals surface area contributed by atoms with Crippen LogP contribution in [0.3, 0.4) is 0 Å². The van der Waals surface area contributed by atoms with Gasteiger partial charge in [-0.05, 0) is 144 Å². The lowest BCUT2D eigenvalue weighted by Crippen LogP contribution is -2.22. The zero-order valence-electron chi connectivity index (χ0n) is 36.4. The minimum absolute atomic E-state index is 0.0972. The number of nitrogens with zero attached hydrogens (tertiary/aromatic N) is 1. The van der Waals surface area contributed by atoms with Crippen molar-refractivity contribution < 1.29 is 0 Å². The number of anilines is 3. The predicted octanol–water partition coefficient (Wildman–Crippen LogP) is 17.0. The van der Waals surface area contributed by atoms with Crippen LogP contribution in [0.15, 0.2) is 231 Å². The van der Waals surface area contributed by atoms with Gasteiger partial charge < -0.3 is 4.90 Å². The minimum atomic E-state index is -0.249. The van der Waals surface area contributed by atoms with Crippen molar-refractivity contribution in [2.24, 2.45) is 0 Å². The summed E-state index contributed by atoms with van der Waals surface area (Å²) in [5, 5.41) is 2.50. The Bertz CT molecular complexity index is 3410. The van der Waals surface area contributed by atoms with Crippen LogP contribution < -0.4 is 4.90 Å². The minimum Gasteiger partial charge on any atom is -0.310 e. The van der Waals surface area contributed by atoms with E-state index in [-0.39, 0.29) is 10.8 Å². The Morgan fingerprint density at radius 1 is 0.312 bits per heavy atom. The van der Waals surface area contributed by atoms with Crippen molar-refractivity contribution in [3.05, 3.63) is 258 Å². The van der Waals surface area contributed by atoms with Crippen LogP contribution in [-0.2, 0) is 10.8 Å². The van der Waals surface area contributed by atoms with Crippen molar-refractivity contribution in [3.8, 4) is 55.6 Å². The molecule has 2 aliphatic carbocycles. The van der Waals surface area contributed by atoms with Crippen molar-refractivity contribution in [2.75, 3.05) is 4.90 Å². The van der Waals surface area contributed by atoms with Crippen molar-refractivity contribution in [1.82, 2.24) is 0 Å². The summed E-state index contributed by atoms with van der Waals surface area (Å²) in [6.07, 6.45) is 0. The number of hydrogen-bond donors (Lipinski definition) is 0. The first-order valence-electron chi connectivity index (χ1n) is 22.5. The molecule has 64 heavy (non-hydrogen) atoms. The molecule has 10 aromatic rings. The third-order valence-corrected chi connectivity index (χ3v) is 14.3. The number of rotatable bonds is 7. The van der Waals surface area contributed by atoms with E-state index in [9.17, 15) is 0 Å². The summed E-state index contributed by atoms with van der Waals surface area (Å²) < 4.78 is 0. The Labute approximate surface area is 376 Å². The molecule has 0 aromatic heterocycles. The van der Waals surface area contributed by atoms with Gasteiger partial charge in [0.25, 0.3) is 0 Å². The standard InChI is InChI=1S/C63H47N/c1-62(2)58-28-11-9-24-55(58)57-27-15-26-53(61(57)62)44-32-37-49(38-33-44)64(50-21-13-18-46(40-50)52-25-14-17-43-16-7-8-22-51(43)52)48-35-30-42(31-36-48)45-34-39-56-54-23-10-12-29-59(54)63(3,60(56)41-45)47-19-5-4-6-20-47/h4-41H,1-3H3. The molecule has 0 heterocycles. The fourth-order valence-electron chi connectivity index (χ4n) is 11.2. The molecule has 0 radical (unpaired) electrons. The predicted molar refractivity (Wildman–Crippen MR) is 270 cm³/mol. The van der Waals surface area contributed by atoms with Crippen LogP contribution in [0.25, 0.3) is 66.4 Å². The molecule has 0 spiro atoms. The van der Waals surface area contributed by atoms with E-state index in [2.05, 4.69) is 256 Å². The molecule has 1 unspecified atom stereocenters. The van der Waals surface area contributed by atoms with Gasteiger partial charge in [0.15, 0.2) is 0 Å². The van der Waals surface area contributed by atoms with E-state index in [1.807, 2.05) is 0 Å². The SMILES string of the molecule is CC1(C)c2ccccc2-c2cccc(-c3ccc(N(c4ccc(-c5ccc6c(c5)C(C)(c5ccccc5)c5ccccc5-6)cc4)c4cccc(-c5cccc6ccccc56)c4)cc3)c21. The molecular weight excluding hydrogens is 771 g/mol. The van der Waals surface area contributed by atoms with Gasteiger partial charge in [-0.15, -0.1) is 0 Å². The van der Waals surface area contributed by atoms with Crippen molar-refractivity contribution in [1.29, 1.82) is 0 Å². The van der Waals surface area contributed by atoms with E-state index in [1.165, 1.54) is 94.2 Å². The van der Waals surface area contributed by atoms with Gasteiger partial charge in [0.05, 0.1) is 0 Å². The second kappa shape index (κ2) is 14.7. The molecule has 1 heteroatoms. The monoisotopic (exact) mass is 817 g/mol. The lowest BCUT2D eigenvalue weighted by atomic mass is 9.74. The number of fused-ring (bicyclic) bond motifs is 7. The van der Waals surface area contributed by atoms with Gasteiger partial charge in [0, 0.05) is 27.9 Å². The summed E-state index contributed by atoms with van der Waals surface area (Å²) in [5.41, 5.74) is 22.5. The van der Waals surface area contributed by atoms with Gasteiger partial charge in [0.2, 0.25) is 0 Å². The molecule has 10 aromatic carbocycles. The average molecular weight is 818 g/mol. The summed E-state index contributed by atoms with van der Waals surface area (Å²) in [5.74, 6) is 0. The van der Waals surface area contributed by atoms with Crippen LogP contribution in [0, 0.1) is 0 Å². The van der Waals surface area contributed by atoms with E-state index >= 15 is 0 Å². The Morgan fingerprint density at radius 2 is 0.859 bits per heavy atom. The molecule has 0 bridgehead atoms. The Kier molecular flexibility index (Phi) is 8.71. The van der Waals surface area contributed by atoms with Crippen molar-refractivity contribution >= 4 is 27.8 Å². The smallest absolute Gasteiger partial charge is 0.0467 e. The molecule has 0 N–H and O–H groups in total. The molecule has 0 amide bonds. The highest BCUT2D eigenvalue weighted by atomic mass is 15.1. The van der Waals surface area contributed by atoms with Gasteiger partial charge in [0.1, 0.15) is 0 Å². The molecule has 0 aliphatic heterocycles. The van der Waals surface area contributed by atoms with Gasteiger partial charge >= 0.3 is 0 Å². The fraction of sp³-hybridized carbons (Fsp3) is 0.0794. The molecule has 12 rings (SSSR count). The Hall–Kier alpha value is -7.74. The van der Waals surface area contributed by atoms with E-state index in [1.54, 1.807) is 0 Å². The van der Waals surface area contributed by atoms with Crippen LogP contribution >= 0.6 is 0 Å². The maximum atomic E-state index is 2.43. The van der Waals surface area contributed by atoms with Gasteiger partial charge in [-0.2, -0.15) is 0 Å². The van der Waals surface area contributed by atoms with Crippen LogP contribution in [0.2, 0.25) is 0 Å². The maximum absolute atomic E-state index is 2.43. The number of hydrogen-bond acceptors (Lipinski definition) is 1. The number of benzene rings is 10. The molecule has 2 aliphatic rings. The Balaban J connectivity index is 0.957. The first kappa shape index (κ1) is 38.0. The summed E-state index contributed by atoms with van der Waals surface area (Å²) >= 11 is 0. The molecular formula is C63H47N. The third kappa shape index (κ3) is 5.85. The van der Waals surface area contributed by atoms with Crippen LogP contribution in [0.4, 0.5) is 17.1 Å². The zero-order valence-corrected chi connectivity index (χ0v) is 36.4. The normalized spacial score (nSPS) is 15.3. The van der Waals surface area contributed by atoms with E-state index < -0.39 is 0 Å². The summed E-state index contributed by atoms with van der Waals surface area (Å²) in [6.45, 7) is 7.13. The Morgan fingerprint density at radius 3 is 1.64 bits per heavy atom.